The summed E-state index contributed by atoms with van der Waals surface area (Å²) in [7, 11) is 0. The van der Waals surface area contributed by atoms with Crippen LogP contribution in [0.3, 0.4) is 0 Å². The highest BCUT2D eigenvalue weighted by Crippen LogP contribution is 2.23. The van der Waals surface area contributed by atoms with E-state index < -0.39 is 11.4 Å². The zero-order valence-electron chi connectivity index (χ0n) is 12.0. The molecule has 0 aliphatic carbocycles. The van der Waals surface area contributed by atoms with Gasteiger partial charge in [0.2, 0.25) is 0 Å². The molecule has 3 rings (SSSR count). The van der Waals surface area contributed by atoms with Crippen molar-refractivity contribution in [2.24, 2.45) is 0 Å². The molecule has 0 amide bonds. The second kappa shape index (κ2) is 5.76. The van der Waals surface area contributed by atoms with Crippen LogP contribution in [0, 0.1) is 0 Å². The molecular weight excluding hydrogens is 294 g/mol. The van der Waals surface area contributed by atoms with Gasteiger partial charge in [0.05, 0.1) is 17.6 Å². The lowest BCUT2D eigenvalue weighted by Gasteiger charge is -2.14. The summed E-state index contributed by atoms with van der Waals surface area (Å²) in [6.45, 7) is 0. The number of carbonyl (C=O) groups is 1. The molecule has 2 heterocycles. The number of hydrogen-bond acceptors (Lipinski definition) is 4. The van der Waals surface area contributed by atoms with Gasteiger partial charge in [-0.15, -0.1) is 0 Å². The molecule has 0 fully saturated rings. The van der Waals surface area contributed by atoms with Crippen molar-refractivity contribution in [3.05, 3.63) is 76.8 Å². The maximum atomic E-state index is 12.1. The molecule has 0 saturated heterocycles. The number of aromatic carboxylic acids is 1. The average Bonchev–Trinajstić information content (AvgIpc) is 2.56. The summed E-state index contributed by atoms with van der Waals surface area (Å²) in [6.07, 6.45) is 4.53. The first-order chi connectivity index (χ1) is 11.1. The second-order valence-corrected chi connectivity index (χ2v) is 4.94. The zero-order chi connectivity index (χ0) is 16.4. The van der Waals surface area contributed by atoms with Crippen LogP contribution in [-0.2, 0) is 0 Å². The number of rotatable bonds is 3. The van der Waals surface area contributed by atoms with E-state index in [-0.39, 0.29) is 5.56 Å². The van der Waals surface area contributed by atoms with Gasteiger partial charge in [0.15, 0.2) is 5.43 Å². The number of hydrogen-bond donors (Lipinski definition) is 2. The summed E-state index contributed by atoms with van der Waals surface area (Å²) in [6, 6.07) is 11.8. The Balaban J connectivity index is 2.30. The molecule has 0 radical (unpaired) electrons. The number of pyridine rings is 2. The minimum absolute atomic E-state index is 0.298. The van der Waals surface area contributed by atoms with E-state index in [1.807, 2.05) is 0 Å². The summed E-state index contributed by atoms with van der Waals surface area (Å²) in [5.74, 6) is -1.27. The van der Waals surface area contributed by atoms with Gasteiger partial charge in [-0.05, 0) is 29.8 Å². The number of nitrogen functional groups attached to an aromatic ring is 1. The summed E-state index contributed by atoms with van der Waals surface area (Å²) >= 11 is 0. The van der Waals surface area contributed by atoms with Gasteiger partial charge >= 0.3 is 5.97 Å². The van der Waals surface area contributed by atoms with Gasteiger partial charge in [0.25, 0.3) is 0 Å². The Morgan fingerprint density at radius 3 is 2.52 bits per heavy atom. The quantitative estimate of drug-likeness (QED) is 0.723. The Labute approximate surface area is 131 Å². The van der Waals surface area contributed by atoms with E-state index in [1.54, 1.807) is 53.4 Å². The Morgan fingerprint density at radius 1 is 1.17 bits per heavy atom. The second-order valence-electron chi connectivity index (χ2n) is 4.94. The van der Waals surface area contributed by atoms with Crippen LogP contribution in [0.4, 0.5) is 5.69 Å². The van der Waals surface area contributed by atoms with Crippen molar-refractivity contribution in [3.63, 3.8) is 0 Å². The molecule has 0 aliphatic rings. The molecule has 6 nitrogen and oxygen atoms in total. The standard InChI is InChI=1S/C17H13N3O3/c18-12-5-3-11(4-6-12)15-8-16(21)14(17(22)23)10-20(15)13-2-1-7-19-9-13/h1-10H,18H2,(H,22,23). The van der Waals surface area contributed by atoms with Crippen LogP contribution in [0.25, 0.3) is 16.9 Å². The fourth-order valence-electron chi connectivity index (χ4n) is 2.28. The van der Waals surface area contributed by atoms with Crippen molar-refractivity contribution in [2.45, 2.75) is 0 Å². The van der Waals surface area contributed by atoms with E-state index in [1.165, 1.54) is 12.3 Å². The largest absolute Gasteiger partial charge is 0.477 e. The van der Waals surface area contributed by atoms with Gasteiger partial charge in [0, 0.05) is 24.1 Å². The molecule has 0 spiro atoms. The van der Waals surface area contributed by atoms with Gasteiger partial charge < -0.3 is 15.4 Å². The summed E-state index contributed by atoms with van der Waals surface area (Å²) < 4.78 is 1.63. The van der Waals surface area contributed by atoms with E-state index in [9.17, 15) is 14.7 Å². The van der Waals surface area contributed by atoms with Crippen molar-refractivity contribution in [3.8, 4) is 16.9 Å². The zero-order valence-corrected chi connectivity index (χ0v) is 12.0. The van der Waals surface area contributed by atoms with E-state index in [0.717, 1.165) is 5.56 Å². The predicted molar refractivity (Wildman–Crippen MR) is 86.6 cm³/mol. The number of aromatic nitrogens is 2. The first-order valence-electron chi connectivity index (χ1n) is 6.82. The molecule has 3 aromatic rings. The summed E-state index contributed by atoms with van der Waals surface area (Å²) in [4.78, 5) is 27.4. The maximum absolute atomic E-state index is 12.1. The lowest BCUT2D eigenvalue weighted by Crippen LogP contribution is -2.18. The molecule has 3 N–H and O–H groups in total. The van der Waals surface area contributed by atoms with Crippen molar-refractivity contribution < 1.29 is 9.90 Å². The molecule has 23 heavy (non-hydrogen) atoms. The fourth-order valence-corrected chi connectivity index (χ4v) is 2.28. The van der Waals surface area contributed by atoms with E-state index in [0.29, 0.717) is 17.1 Å². The average molecular weight is 307 g/mol. The lowest BCUT2D eigenvalue weighted by atomic mass is 10.1. The summed E-state index contributed by atoms with van der Waals surface area (Å²) in [5.41, 5.74) is 7.41. The van der Waals surface area contributed by atoms with Crippen molar-refractivity contribution >= 4 is 11.7 Å². The molecule has 0 atom stereocenters. The molecule has 6 heteroatoms. The molecule has 2 aromatic heterocycles. The van der Waals surface area contributed by atoms with Crippen LogP contribution in [0.15, 0.2) is 65.8 Å². The number of carboxylic acids is 1. The Morgan fingerprint density at radius 2 is 1.91 bits per heavy atom. The minimum atomic E-state index is -1.27. The fraction of sp³-hybridized carbons (Fsp3) is 0. The van der Waals surface area contributed by atoms with Gasteiger partial charge in [0.1, 0.15) is 5.56 Å². The monoisotopic (exact) mass is 307 g/mol. The van der Waals surface area contributed by atoms with Crippen LogP contribution < -0.4 is 11.2 Å². The summed E-state index contributed by atoms with van der Waals surface area (Å²) in [5, 5.41) is 9.19. The number of nitrogens with zero attached hydrogens (tertiary/aromatic N) is 2. The van der Waals surface area contributed by atoms with Crippen LogP contribution in [0.2, 0.25) is 0 Å². The van der Waals surface area contributed by atoms with Crippen LogP contribution in [0.1, 0.15) is 10.4 Å². The minimum Gasteiger partial charge on any atom is -0.477 e. The Kier molecular flexibility index (Phi) is 3.64. The first kappa shape index (κ1) is 14.5. The maximum Gasteiger partial charge on any atom is 0.341 e. The molecule has 0 saturated carbocycles. The van der Waals surface area contributed by atoms with Crippen molar-refractivity contribution in [2.75, 3.05) is 5.73 Å². The van der Waals surface area contributed by atoms with Crippen molar-refractivity contribution in [1.82, 2.24) is 9.55 Å². The topological polar surface area (TPSA) is 98.2 Å². The SMILES string of the molecule is Nc1ccc(-c2cc(=O)c(C(=O)O)cn2-c2cccnc2)cc1. The highest BCUT2D eigenvalue weighted by atomic mass is 16.4. The van der Waals surface area contributed by atoms with Gasteiger partial charge in [-0.25, -0.2) is 4.79 Å². The molecule has 1 aromatic carbocycles. The van der Waals surface area contributed by atoms with Gasteiger partial charge in [-0.3, -0.25) is 9.78 Å². The van der Waals surface area contributed by atoms with E-state index >= 15 is 0 Å². The number of nitrogens with two attached hydrogens (primary N) is 1. The molecule has 0 unspecified atom stereocenters. The highest BCUT2D eigenvalue weighted by Gasteiger charge is 2.14. The third-order valence-corrected chi connectivity index (χ3v) is 3.41. The van der Waals surface area contributed by atoms with Crippen LogP contribution in [-0.4, -0.2) is 20.6 Å². The third kappa shape index (κ3) is 2.82. The normalized spacial score (nSPS) is 10.4. The van der Waals surface area contributed by atoms with Crippen LogP contribution in [0.5, 0.6) is 0 Å². The highest BCUT2D eigenvalue weighted by molar-refractivity contribution is 5.87. The number of carboxylic acid groups (broad SMARTS) is 1. The van der Waals surface area contributed by atoms with Crippen LogP contribution >= 0.6 is 0 Å². The Hall–Kier alpha value is -3.41. The Bertz CT molecular complexity index is 916. The van der Waals surface area contributed by atoms with Gasteiger partial charge in [-0.2, -0.15) is 0 Å². The number of benzene rings is 1. The lowest BCUT2D eigenvalue weighted by molar-refractivity contribution is 0.0695. The van der Waals surface area contributed by atoms with Gasteiger partial charge in [-0.1, -0.05) is 12.1 Å². The first-order valence-corrected chi connectivity index (χ1v) is 6.82. The number of anilines is 1. The molecular formula is C17H13N3O3. The molecule has 114 valence electrons. The van der Waals surface area contributed by atoms with E-state index in [4.69, 9.17) is 5.73 Å². The smallest absolute Gasteiger partial charge is 0.341 e. The third-order valence-electron chi connectivity index (χ3n) is 3.41. The molecule has 0 bridgehead atoms. The van der Waals surface area contributed by atoms with Crippen molar-refractivity contribution in [1.29, 1.82) is 0 Å². The predicted octanol–water partition coefficient (Wildman–Crippen LogP) is 2.18. The van der Waals surface area contributed by atoms with E-state index in [2.05, 4.69) is 4.98 Å². The molecule has 0 aliphatic heterocycles.